The van der Waals surface area contributed by atoms with Gasteiger partial charge in [-0.05, 0) is 12.1 Å². The van der Waals surface area contributed by atoms with Gasteiger partial charge in [-0.3, -0.25) is 9.59 Å². The number of Topliss-reactive ketones (excluding diaryl/α,β-unsaturated/α-hetero) is 1. The Morgan fingerprint density at radius 2 is 1.94 bits per heavy atom. The SMILES string of the molecule is O=C(CCNC(=O)C(F)(F)F)c1cccc(Br)c1. The normalized spacial score (nSPS) is 11.1. The maximum absolute atomic E-state index is 11.8. The quantitative estimate of drug-likeness (QED) is 0.866. The van der Waals surface area contributed by atoms with Crippen LogP contribution in [0.3, 0.4) is 0 Å². The van der Waals surface area contributed by atoms with Gasteiger partial charge in [0.05, 0.1) is 0 Å². The molecule has 0 aliphatic rings. The van der Waals surface area contributed by atoms with Gasteiger partial charge in [-0.25, -0.2) is 0 Å². The van der Waals surface area contributed by atoms with E-state index in [2.05, 4.69) is 15.9 Å². The molecule has 0 heterocycles. The van der Waals surface area contributed by atoms with Gasteiger partial charge in [-0.2, -0.15) is 13.2 Å². The van der Waals surface area contributed by atoms with Crippen molar-refractivity contribution in [1.82, 2.24) is 5.32 Å². The lowest BCUT2D eigenvalue weighted by Crippen LogP contribution is -2.37. The highest BCUT2D eigenvalue weighted by Crippen LogP contribution is 2.15. The molecule has 1 aromatic rings. The molecule has 1 aromatic carbocycles. The van der Waals surface area contributed by atoms with Crippen LogP contribution in [0.5, 0.6) is 0 Å². The average molecular weight is 324 g/mol. The number of carbonyl (C=O) groups excluding carboxylic acids is 2. The topological polar surface area (TPSA) is 46.2 Å². The van der Waals surface area contributed by atoms with Crippen molar-refractivity contribution in [1.29, 1.82) is 0 Å². The van der Waals surface area contributed by atoms with Gasteiger partial charge < -0.3 is 5.32 Å². The highest BCUT2D eigenvalue weighted by molar-refractivity contribution is 9.10. The van der Waals surface area contributed by atoms with E-state index in [1.54, 1.807) is 29.6 Å². The fourth-order valence-corrected chi connectivity index (χ4v) is 1.60. The zero-order chi connectivity index (χ0) is 13.8. The molecule has 0 spiro atoms. The molecule has 0 aliphatic heterocycles. The summed E-state index contributed by atoms with van der Waals surface area (Å²) in [6.07, 6.45) is -5.10. The third kappa shape index (κ3) is 4.48. The van der Waals surface area contributed by atoms with Crippen molar-refractivity contribution < 1.29 is 22.8 Å². The highest BCUT2D eigenvalue weighted by atomic mass is 79.9. The molecule has 0 aromatic heterocycles. The third-order valence-electron chi connectivity index (χ3n) is 2.04. The molecular formula is C11H9BrF3NO2. The largest absolute Gasteiger partial charge is 0.471 e. The predicted molar refractivity (Wildman–Crippen MR) is 62.2 cm³/mol. The summed E-state index contributed by atoms with van der Waals surface area (Å²) >= 11 is 3.18. The lowest BCUT2D eigenvalue weighted by atomic mass is 10.1. The summed E-state index contributed by atoms with van der Waals surface area (Å²) in [5, 5.41) is 1.64. The van der Waals surface area contributed by atoms with Crippen molar-refractivity contribution >= 4 is 27.6 Å². The fraction of sp³-hybridized carbons (Fsp3) is 0.273. The van der Waals surface area contributed by atoms with Gasteiger partial charge in [0, 0.05) is 23.0 Å². The summed E-state index contributed by atoms with van der Waals surface area (Å²) in [7, 11) is 0. The van der Waals surface area contributed by atoms with E-state index in [1.807, 2.05) is 0 Å². The number of amides is 1. The standard InChI is InChI=1S/C11H9BrF3NO2/c12-8-3-1-2-7(6-8)9(17)4-5-16-10(18)11(13,14)15/h1-3,6H,4-5H2,(H,16,18). The van der Waals surface area contributed by atoms with Crippen molar-refractivity contribution in [2.45, 2.75) is 12.6 Å². The molecule has 98 valence electrons. The van der Waals surface area contributed by atoms with Crippen molar-refractivity contribution in [3.05, 3.63) is 34.3 Å². The molecule has 0 saturated carbocycles. The number of benzene rings is 1. The monoisotopic (exact) mass is 323 g/mol. The Hall–Kier alpha value is -1.37. The first-order valence-corrected chi connectivity index (χ1v) is 5.74. The number of nitrogens with one attached hydrogen (secondary N) is 1. The van der Waals surface area contributed by atoms with Gasteiger partial charge in [0.25, 0.3) is 0 Å². The van der Waals surface area contributed by atoms with Crippen LogP contribution in [0.15, 0.2) is 28.7 Å². The molecule has 0 unspecified atom stereocenters. The Morgan fingerprint density at radius 3 is 2.50 bits per heavy atom. The summed E-state index contributed by atoms with van der Waals surface area (Å²) in [4.78, 5) is 22.1. The van der Waals surface area contributed by atoms with Crippen LogP contribution in [0.1, 0.15) is 16.8 Å². The summed E-state index contributed by atoms with van der Waals surface area (Å²) in [5.74, 6) is -2.37. The van der Waals surface area contributed by atoms with E-state index in [-0.39, 0.29) is 18.7 Å². The molecule has 0 radical (unpaired) electrons. The molecular weight excluding hydrogens is 315 g/mol. The fourth-order valence-electron chi connectivity index (χ4n) is 1.20. The maximum Gasteiger partial charge on any atom is 0.471 e. The molecule has 3 nitrogen and oxygen atoms in total. The molecule has 18 heavy (non-hydrogen) atoms. The molecule has 7 heteroatoms. The molecule has 0 atom stereocenters. The molecule has 0 fully saturated rings. The second-order valence-corrected chi connectivity index (χ2v) is 4.35. The zero-order valence-electron chi connectivity index (χ0n) is 9.05. The van der Waals surface area contributed by atoms with Gasteiger partial charge in [-0.1, -0.05) is 28.1 Å². The van der Waals surface area contributed by atoms with E-state index in [4.69, 9.17) is 0 Å². The molecule has 1 amide bonds. The summed E-state index contributed by atoms with van der Waals surface area (Å²) < 4.78 is 36.2. The first-order chi connectivity index (χ1) is 8.30. The predicted octanol–water partition coefficient (Wildman–Crippen LogP) is 2.70. The van der Waals surface area contributed by atoms with Gasteiger partial charge in [0.15, 0.2) is 5.78 Å². The Labute approximate surface area is 109 Å². The Balaban J connectivity index is 2.46. The molecule has 1 rings (SSSR count). The number of halogens is 4. The number of carbonyl (C=O) groups is 2. The van der Waals surface area contributed by atoms with Crippen molar-refractivity contribution in [2.75, 3.05) is 6.54 Å². The van der Waals surface area contributed by atoms with Crippen LogP contribution in [0.25, 0.3) is 0 Å². The first-order valence-electron chi connectivity index (χ1n) is 4.94. The number of ketones is 1. The van der Waals surface area contributed by atoms with E-state index >= 15 is 0 Å². The molecule has 0 bridgehead atoms. The van der Waals surface area contributed by atoms with E-state index < -0.39 is 12.1 Å². The van der Waals surface area contributed by atoms with E-state index in [1.165, 1.54) is 0 Å². The van der Waals surface area contributed by atoms with Crippen LogP contribution < -0.4 is 5.32 Å². The number of rotatable bonds is 4. The van der Waals surface area contributed by atoms with Gasteiger partial charge >= 0.3 is 12.1 Å². The first kappa shape index (κ1) is 14.7. The van der Waals surface area contributed by atoms with Gasteiger partial charge in [0.1, 0.15) is 0 Å². The van der Waals surface area contributed by atoms with Crippen LogP contribution >= 0.6 is 15.9 Å². The third-order valence-corrected chi connectivity index (χ3v) is 2.53. The summed E-state index contributed by atoms with van der Waals surface area (Å²) in [6, 6.07) is 6.49. The molecule has 0 saturated heterocycles. The summed E-state index contributed by atoms with van der Waals surface area (Å²) in [6.45, 7) is -0.344. The Kier molecular flexibility index (Phi) is 4.89. The number of hydrogen-bond acceptors (Lipinski definition) is 2. The lowest BCUT2D eigenvalue weighted by molar-refractivity contribution is -0.173. The van der Waals surface area contributed by atoms with Gasteiger partial charge in [-0.15, -0.1) is 0 Å². The summed E-state index contributed by atoms with van der Waals surface area (Å²) in [5.41, 5.74) is 0.380. The number of alkyl halides is 3. The minimum absolute atomic E-state index is 0.182. The van der Waals surface area contributed by atoms with E-state index in [0.717, 1.165) is 0 Å². The molecule has 0 aliphatic carbocycles. The second-order valence-electron chi connectivity index (χ2n) is 3.44. The average Bonchev–Trinajstić information content (AvgIpc) is 2.27. The minimum atomic E-state index is -4.92. The lowest BCUT2D eigenvalue weighted by Gasteiger charge is -2.07. The van der Waals surface area contributed by atoms with Crippen molar-refractivity contribution in [3.8, 4) is 0 Å². The Morgan fingerprint density at radius 1 is 1.28 bits per heavy atom. The van der Waals surface area contributed by atoms with E-state index in [0.29, 0.717) is 10.0 Å². The highest BCUT2D eigenvalue weighted by Gasteiger charge is 2.38. The Bertz CT molecular complexity index is 460. The van der Waals surface area contributed by atoms with Crippen LogP contribution in [-0.4, -0.2) is 24.4 Å². The number of hydrogen-bond donors (Lipinski definition) is 1. The second kappa shape index (κ2) is 5.99. The van der Waals surface area contributed by atoms with Crippen LogP contribution in [0, 0.1) is 0 Å². The van der Waals surface area contributed by atoms with Crippen LogP contribution in [-0.2, 0) is 4.79 Å². The molecule has 1 N–H and O–H groups in total. The van der Waals surface area contributed by atoms with Crippen LogP contribution in [0.2, 0.25) is 0 Å². The van der Waals surface area contributed by atoms with Crippen molar-refractivity contribution in [2.24, 2.45) is 0 Å². The van der Waals surface area contributed by atoms with Crippen molar-refractivity contribution in [3.63, 3.8) is 0 Å². The van der Waals surface area contributed by atoms with Gasteiger partial charge in [0.2, 0.25) is 0 Å². The van der Waals surface area contributed by atoms with Crippen LogP contribution in [0.4, 0.5) is 13.2 Å². The zero-order valence-corrected chi connectivity index (χ0v) is 10.6. The minimum Gasteiger partial charge on any atom is -0.348 e. The maximum atomic E-state index is 11.8. The van der Waals surface area contributed by atoms with E-state index in [9.17, 15) is 22.8 Å². The smallest absolute Gasteiger partial charge is 0.348 e.